The number of piperazine rings is 1. The van der Waals surface area contributed by atoms with Crippen LogP contribution in [-0.2, 0) is 11.2 Å². The highest BCUT2D eigenvalue weighted by molar-refractivity contribution is 6.01. The largest absolute Gasteiger partial charge is 0.457 e. The van der Waals surface area contributed by atoms with Crippen LogP contribution in [0.15, 0.2) is 101 Å². The number of aryl methyl sites for hydroxylation is 1. The lowest BCUT2D eigenvalue weighted by Gasteiger charge is -2.36. The van der Waals surface area contributed by atoms with E-state index in [-0.39, 0.29) is 11.8 Å². The van der Waals surface area contributed by atoms with E-state index < -0.39 is 0 Å². The third-order valence-corrected chi connectivity index (χ3v) is 6.76. The first-order valence-electron chi connectivity index (χ1n) is 13.0. The monoisotopic (exact) mass is 505 g/mol. The van der Waals surface area contributed by atoms with Gasteiger partial charge in [0.05, 0.1) is 0 Å². The molecule has 0 bridgehead atoms. The summed E-state index contributed by atoms with van der Waals surface area (Å²) in [5.41, 5.74) is 4.76. The molecule has 0 saturated carbocycles. The highest BCUT2D eigenvalue weighted by Gasteiger charge is 2.22. The molecule has 6 nitrogen and oxygen atoms in total. The van der Waals surface area contributed by atoms with Gasteiger partial charge in [-0.1, -0.05) is 49.4 Å². The number of rotatable bonds is 7. The van der Waals surface area contributed by atoms with Gasteiger partial charge in [0, 0.05) is 54.8 Å². The summed E-state index contributed by atoms with van der Waals surface area (Å²) >= 11 is 0. The molecule has 5 rings (SSSR count). The normalized spacial score (nSPS) is 13.6. The molecule has 38 heavy (non-hydrogen) atoms. The van der Waals surface area contributed by atoms with E-state index in [2.05, 4.69) is 17.1 Å². The Morgan fingerprint density at radius 1 is 0.842 bits per heavy atom. The van der Waals surface area contributed by atoms with Crippen LogP contribution in [0.4, 0.5) is 11.4 Å². The van der Waals surface area contributed by atoms with Crippen molar-refractivity contribution in [2.75, 3.05) is 36.4 Å². The molecular weight excluding hydrogens is 474 g/mol. The summed E-state index contributed by atoms with van der Waals surface area (Å²) in [6, 6.07) is 29.3. The zero-order valence-corrected chi connectivity index (χ0v) is 21.5. The summed E-state index contributed by atoms with van der Waals surface area (Å²) in [6.07, 6.45) is 4.09. The lowest BCUT2D eigenvalue weighted by Crippen LogP contribution is -2.48. The molecule has 0 atom stereocenters. The number of anilines is 2. The molecule has 1 N–H and O–H groups in total. The number of hydrogen-bond acceptors (Lipinski definition) is 4. The molecule has 0 spiro atoms. The van der Waals surface area contributed by atoms with Gasteiger partial charge in [-0.3, -0.25) is 9.59 Å². The van der Waals surface area contributed by atoms with Gasteiger partial charge in [0.2, 0.25) is 5.91 Å². The number of carbonyl (C=O) groups is 2. The molecule has 1 aliphatic rings. The van der Waals surface area contributed by atoms with Crippen LogP contribution in [0, 0.1) is 0 Å². The predicted molar refractivity (Wildman–Crippen MR) is 152 cm³/mol. The van der Waals surface area contributed by atoms with Gasteiger partial charge in [-0.15, -0.1) is 0 Å². The molecule has 0 unspecified atom stereocenters. The predicted octanol–water partition coefficient (Wildman–Crippen LogP) is 6.12. The zero-order valence-electron chi connectivity index (χ0n) is 21.5. The quantitative estimate of drug-likeness (QED) is 0.307. The SMILES string of the molecule is CCc1ccc(C(=O)N2CCN(c3ccc(NC(=O)/C=C/c4ccc(-c5ccccc5)o4)cc3)CC2)cc1. The smallest absolute Gasteiger partial charge is 0.253 e. The number of hydrogen-bond donors (Lipinski definition) is 1. The Morgan fingerprint density at radius 3 is 2.24 bits per heavy atom. The zero-order chi connectivity index (χ0) is 26.3. The van der Waals surface area contributed by atoms with Crippen LogP contribution in [0.1, 0.15) is 28.6 Å². The lowest BCUT2D eigenvalue weighted by atomic mass is 10.1. The second-order valence-corrected chi connectivity index (χ2v) is 9.27. The van der Waals surface area contributed by atoms with E-state index in [4.69, 9.17) is 4.42 Å². The third-order valence-electron chi connectivity index (χ3n) is 6.76. The van der Waals surface area contributed by atoms with Crippen LogP contribution in [-0.4, -0.2) is 42.9 Å². The Balaban J connectivity index is 1.11. The van der Waals surface area contributed by atoms with Crippen molar-refractivity contribution >= 4 is 29.3 Å². The minimum Gasteiger partial charge on any atom is -0.457 e. The molecule has 1 saturated heterocycles. The number of benzene rings is 3. The molecule has 4 aromatic rings. The van der Waals surface area contributed by atoms with Crippen molar-refractivity contribution in [2.45, 2.75) is 13.3 Å². The average Bonchev–Trinajstić information content (AvgIpc) is 3.46. The van der Waals surface area contributed by atoms with E-state index in [1.807, 2.05) is 95.9 Å². The van der Waals surface area contributed by atoms with Gasteiger partial charge < -0.3 is 19.5 Å². The maximum Gasteiger partial charge on any atom is 0.253 e. The van der Waals surface area contributed by atoms with Gasteiger partial charge in [-0.2, -0.15) is 0 Å². The van der Waals surface area contributed by atoms with Crippen molar-refractivity contribution in [2.24, 2.45) is 0 Å². The second kappa shape index (κ2) is 11.6. The van der Waals surface area contributed by atoms with Gasteiger partial charge in [0.25, 0.3) is 5.91 Å². The Labute approximate surface area is 223 Å². The van der Waals surface area contributed by atoms with E-state index in [0.717, 1.165) is 47.8 Å². The first kappa shape index (κ1) is 25.1. The summed E-state index contributed by atoms with van der Waals surface area (Å²) in [5.74, 6) is 1.24. The van der Waals surface area contributed by atoms with Crippen LogP contribution in [0.3, 0.4) is 0 Å². The number of nitrogens with one attached hydrogen (secondary N) is 1. The van der Waals surface area contributed by atoms with Crippen molar-refractivity contribution in [1.29, 1.82) is 0 Å². The summed E-state index contributed by atoms with van der Waals surface area (Å²) in [5, 5.41) is 2.89. The molecule has 2 amide bonds. The van der Waals surface area contributed by atoms with Crippen LogP contribution < -0.4 is 10.2 Å². The fourth-order valence-corrected chi connectivity index (χ4v) is 4.53. The summed E-state index contributed by atoms with van der Waals surface area (Å²) < 4.78 is 5.81. The van der Waals surface area contributed by atoms with E-state index in [9.17, 15) is 9.59 Å². The second-order valence-electron chi connectivity index (χ2n) is 9.27. The molecule has 1 fully saturated rings. The first-order valence-corrected chi connectivity index (χ1v) is 13.0. The Kier molecular flexibility index (Phi) is 7.69. The van der Waals surface area contributed by atoms with Crippen molar-refractivity contribution in [3.63, 3.8) is 0 Å². The summed E-state index contributed by atoms with van der Waals surface area (Å²) in [6.45, 7) is 4.99. The van der Waals surface area contributed by atoms with Crippen molar-refractivity contribution in [3.8, 4) is 11.3 Å². The van der Waals surface area contributed by atoms with Gasteiger partial charge in [0.15, 0.2) is 0 Å². The third kappa shape index (κ3) is 6.03. The van der Waals surface area contributed by atoms with E-state index in [0.29, 0.717) is 18.8 Å². The summed E-state index contributed by atoms with van der Waals surface area (Å²) in [4.78, 5) is 29.4. The van der Waals surface area contributed by atoms with Crippen LogP contribution in [0.5, 0.6) is 0 Å². The molecule has 0 aliphatic carbocycles. The van der Waals surface area contributed by atoms with E-state index >= 15 is 0 Å². The van der Waals surface area contributed by atoms with E-state index in [1.54, 1.807) is 6.08 Å². The fraction of sp³-hybridized carbons (Fsp3) is 0.188. The molecular formula is C32H31N3O3. The number of furan rings is 1. The Bertz CT molecular complexity index is 1400. The number of carbonyl (C=O) groups excluding carboxylic acids is 2. The maximum absolute atomic E-state index is 12.9. The van der Waals surface area contributed by atoms with Gasteiger partial charge in [-0.05, 0) is 66.6 Å². The van der Waals surface area contributed by atoms with Crippen molar-refractivity contribution in [3.05, 3.63) is 114 Å². The molecule has 6 heteroatoms. The minimum atomic E-state index is -0.227. The topological polar surface area (TPSA) is 65.8 Å². The van der Waals surface area contributed by atoms with Gasteiger partial charge in [-0.25, -0.2) is 0 Å². The Morgan fingerprint density at radius 2 is 1.55 bits per heavy atom. The molecule has 1 aromatic heterocycles. The first-order chi connectivity index (χ1) is 18.6. The fourth-order valence-electron chi connectivity index (χ4n) is 4.53. The standard InChI is InChI=1S/C32H31N3O3/c1-2-24-8-10-26(11-9-24)32(37)35-22-20-34(21-23-35)28-14-12-27(13-15-28)33-31(36)19-17-29-16-18-30(38-29)25-6-4-3-5-7-25/h3-19H,2,20-23H2,1H3,(H,33,36)/b19-17+. The molecule has 3 aromatic carbocycles. The summed E-state index contributed by atoms with van der Waals surface area (Å²) in [7, 11) is 0. The van der Waals surface area contributed by atoms with E-state index in [1.165, 1.54) is 11.6 Å². The lowest BCUT2D eigenvalue weighted by molar-refractivity contribution is -0.111. The minimum absolute atomic E-state index is 0.0873. The van der Waals surface area contributed by atoms with Crippen molar-refractivity contribution in [1.82, 2.24) is 4.90 Å². The van der Waals surface area contributed by atoms with Gasteiger partial charge in [0.1, 0.15) is 11.5 Å². The molecule has 0 radical (unpaired) electrons. The molecule has 192 valence electrons. The average molecular weight is 506 g/mol. The van der Waals surface area contributed by atoms with Crippen LogP contribution in [0.2, 0.25) is 0 Å². The number of nitrogens with zero attached hydrogens (tertiary/aromatic N) is 2. The highest BCUT2D eigenvalue weighted by Crippen LogP contribution is 2.23. The Hall–Kier alpha value is -4.58. The number of amides is 2. The van der Waals surface area contributed by atoms with Gasteiger partial charge >= 0.3 is 0 Å². The van der Waals surface area contributed by atoms with Crippen LogP contribution >= 0.6 is 0 Å². The maximum atomic E-state index is 12.9. The molecule has 1 aliphatic heterocycles. The van der Waals surface area contributed by atoms with Crippen molar-refractivity contribution < 1.29 is 14.0 Å². The van der Waals surface area contributed by atoms with Crippen LogP contribution in [0.25, 0.3) is 17.4 Å². The highest BCUT2D eigenvalue weighted by atomic mass is 16.3. The molecule has 2 heterocycles.